The fraction of sp³-hybridized carbons (Fsp3) is 0.192. The molecular formula is C26H27N5O5S. The topological polar surface area (TPSA) is 160 Å². The van der Waals surface area contributed by atoms with Gasteiger partial charge in [-0.3, -0.25) is 10.4 Å². The van der Waals surface area contributed by atoms with E-state index >= 15 is 0 Å². The zero-order chi connectivity index (χ0) is 26.7. The molecule has 0 saturated heterocycles. The minimum Gasteiger partial charge on any atom is -0.507 e. The number of benzene rings is 2. The van der Waals surface area contributed by atoms with E-state index < -0.39 is 21.6 Å². The number of carbonyl (C=O) groups excluding carboxylic acids is 1. The van der Waals surface area contributed by atoms with E-state index in [-0.39, 0.29) is 46.6 Å². The van der Waals surface area contributed by atoms with Crippen LogP contribution in [0.3, 0.4) is 0 Å². The van der Waals surface area contributed by atoms with Gasteiger partial charge in [-0.25, -0.2) is 13.2 Å². The Labute approximate surface area is 214 Å². The van der Waals surface area contributed by atoms with Crippen LogP contribution in [-0.2, 0) is 33.9 Å². The monoisotopic (exact) mass is 521 g/mol. The number of aromatic hydroxyl groups is 1. The molecule has 4 rings (SSSR count). The molecule has 11 heteroatoms. The summed E-state index contributed by atoms with van der Waals surface area (Å²) in [4.78, 5) is 17.5. The molecule has 0 radical (unpaired) electrons. The first-order chi connectivity index (χ1) is 17.7. The molecule has 4 aromatic rings. The molecule has 5 N–H and O–H groups in total. The Morgan fingerprint density at radius 3 is 2.57 bits per heavy atom. The van der Waals surface area contributed by atoms with Gasteiger partial charge in [0, 0.05) is 53.8 Å². The SMILES string of the molecule is CCOC(=O)c1c(CS(=O)(=O)c2ccccc2)n(C)c2cc(-c3cccnc3)c(O)c(CNC(=N)N)c12. The summed E-state index contributed by atoms with van der Waals surface area (Å²) in [5.41, 5.74) is 7.57. The molecule has 0 unspecified atom stereocenters. The first-order valence-electron chi connectivity index (χ1n) is 11.4. The molecule has 0 amide bonds. The van der Waals surface area contributed by atoms with Gasteiger partial charge < -0.3 is 25.5 Å². The summed E-state index contributed by atoms with van der Waals surface area (Å²) < 4.78 is 33.6. The van der Waals surface area contributed by atoms with Gasteiger partial charge in [0.2, 0.25) is 0 Å². The lowest BCUT2D eigenvalue weighted by Crippen LogP contribution is -2.29. The number of fused-ring (bicyclic) bond motifs is 1. The number of nitrogens with one attached hydrogen (secondary N) is 2. The van der Waals surface area contributed by atoms with Crippen molar-refractivity contribution in [2.45, 2.75) is 24.1 Å². The average Bonchev–Trinajstić information content (AvgIpc) is 3.14. The maximum atomic E-state index is 13.3. The van der Waals surface area contributed by atoms with Gasteiger partial charge in [0.1, 0.15) is 5.75 Å². The minimum atomic E-state index is -3.84. The van der Waals surface area contributed by atoms with Crippen molar-refractivity contribution in [3.8, 4) is 16.9 Å². The van der Waals surface area contributed by atoms with Crippen LogP contribution in [0, 0.1) is 5.41 Å². The molecule has 0 spiro atoms. The summed E-state index contributed by atoms with van der Waals surface area (Å²) in [5.74, 6) is -1.68. The van der Waals surface area contributed by atoms with Crippen molar-refractivity contribution in [1.29, 1.82) is 5.41 Å². The molecule has 2 aromatic carbocycles. The third-order valence-corrected chi connectivity index (χ3v) is 7.67. The van der Waals surface area contributed by atoms with Gasteiger partial charge in [0.05, 0.1) is 28.3 Å². The molecule has 192 valence electrons. The normalized spacial score (nSPS) is 11.4. The standard InChI is InChI=1S/C26H27N5O5S/c1-3-36-25(33)23-21(15-37(34,35)17-9-5-4-6-10-17)31(2)20-12-18(16-8-7-11-29-13-16)24(32)19(22(20)23)14-30-26(27)28/h4-13,32H,3,14-15H2,1-2H3,(H4,27,28,30). The fourth-order valence-corrected chi connectivity index (χ4v) is 5.73. The number of nitrogens with zero attached hydrogens (tertiary/aromatic N) is 2. The molecule has 2 aromatic heterocycles. The Morgan fingerprint density at radius 2 is 1.95 bits per heavy atom. The molecule has 0 fully saturated rings. The van der Waals surface area contributed by atoms with Crippen LogP contribution < -0.4 is 11.1 Å². The number of phenolic OH excluding ortho intramolecular Hbond substituents is 1. The second-order valence-electron chi connectivity index (χ2n) is 8.33. The van der Waals surface area contributed by atoms with E-state index in [1.54, 1.807) is 67.3 Å². The van der Waals surface area contributed by atoms with Crippen molar-refractivity contribution in [3.63, 3.8) is 0 Å². The lowest BCUT2D eigenvalue weighted by atomic mass is 9.97. The van der Waals surface area contributed by atoms with E-state index in [2.05, 4.69) is 10.3 Å². The third-order valence-electron chi connectivity index (χ3n) is 6.02. The van der Waals surface area contributed by atoms with Gasteiger partial charge in [-0.1, -0.05) is 24.3 Å². The molecule has 0 aliphatic rings. The maximum absolute atomic E-state index is 13.3. The minimum absolute atomic E-state index is 0.0345. The number of pyridine rings is 1. The molecule has 0 aliphatic carbocycles. The molecule has 10 nitrogen and oxygen atoms in total. The van der Waals surface area contributed by atoms with Gasteiger partial charge in [0.25, 0.3) is 0 Å². The van der Waals surface area contributed by atoms with Crippen molar-refractivity contribution in [2.75, 3.05) is 6.61 Å². The van der Waals surface area contributed by atoms with Crippen molar-refractivity contribution in [1.82, 2.24) is 14.9 Å². The Balaban J connectivity index is 2.05. The van der Waals surface area contributed by atoms with E-state index in [1.165, 1.54) is 12.1 Å². The van der Waals surface area contributed by atoms with E-state index in [9.17, 15) is 18.3 Å². The van der Waals surface area contributed by atoms with Crippen LogP contribution >= 0.6 is 0 Å². The van der Waals surface area contributed by atoms with Gasteiger partial charge in [-0.05, 0) is 31.2 Å². The number of phenols is 1. The summed E-state index contributed by atoms with van der Waals surface area (Å²) in [5, 5.41) is 21.9. The zero-order valence-electron chi connectivity index (χ0n) is 20.4. The molecule has 0 bridgehead atoms. The van der Waals surface area contributed by atoms with E-state index in [0.717, 1.165) is 0 Å². The van der Waals surface area contributed by atoms with Crippen LogP contribution in [0.5, 0.6) is 5.75 Å². The highest BCUT2D eigenvalue weighted by Crippen LogP contribution is 2.41. The van der Waals surface area contributed by atoms with Gasteiger partial charge in [-0.15, -0.1) is 0 Å². The van der Waals surface area contributed by atoms with E-state index in [1.807, 2.05) is 0 Å². The maximum Gasteiger partial charge on any atom is 0.340 e. The summed E-state index contributed by atoms with van der Waals surface area (Å²) >= 11 is 0. The van der Waals surface area contributed by atoms with Crippen LogP contribution in [0.25, 0.3) is 22.0 Å². The van der Waals surface area contributed by atoms with E-state index in [0.29, 0.717) is 22.0 Å². The van der Waals surface area contributed by atoms with Crippen LogP contribution in [0.1, 0.15) is 28.5 Å². The average molecular weight is 522 g/mol. The third kappa shape index (κ3) is 4.98. The Morgan fingerprint density at radius 1 is 1.22 bits per heavy atom. The smallest absolute Gasteiger partial charge is 0.340 e. The predicted molar refractivity (Wildman–Crippen MR) is 140 cm³/mol. The molecule has 0 aliphatic heterocycles. The highest BCUT2D eigenvalue weighted by atomic mass is 32.2. The molecule has 0 atom stereocenters. The first-order valence-corrected chi connectivity index (χ1v) is 13.1. The van der Waals surface area contributed by atoms with Crippen LogP contribution in [0.2, 0.25) is 0 Å². The first kappa shape index (κ1) is 25.7. The number of ether oxygens (including phenoxy) is 1. The number of nitrogens with two attached hydrogens (primary N) is 1. The van der Waals surface area contributed by atoms with Gasteiger partial charge >= 0.3 is 5.97 Å². The zero-order valence-corrected chi connectivity index (χ0v) is 21.2. The van der Waals surface area contributed by atoms with Crippen molar-refractivity contribution >= 4 is 32.7 Å². The fourth-order valence-electron chi connectivity index (χ4n) is 4.29. The van der Waals surface area contributed by atoms with Crippen LogP contribution in [0.4, 0.5) is 0 Å². The van der Waals surface area contributed by atoms with Crippen LogP contribution in [0.15, 0.2) is 65.8 Å². The molecule has 37 heavy (non-hydrogen) atoms. The van der Waals surface area contributed by atoms with Gasteiger partial charge in [0.15, 0.2) is 15.8 Å². The Bertz CT molecular complexity index is 1580. The summed E-state index contributed by atoms with van der Waals surface area (Å²) in [6.45, 7) is 1.63. The van der Waals surface area contributed by atoms with Crippen molar-refractivity contribution < 1.29 is 23.1 Å². The largest absolute Gasteiger partial charge is 0.507 e. The number of hydrogen-bond acceptors (Lipinski definition) is 7. The highest BCUT2D eigenvalue weighted by Gasteiger charge is 2.30. The Kier molecular flexibility index (Phi) is 7.16. The molecular weight excluding hydrogens is 494 g/mol. The number of guanidine groups is 1. The number of aromatic nitrogens is 2. The number of aryl methyl sites for hydroxylation is 1. The summed E-state index contributed by atoms with van der Waals surface area (Å²) in [6.07, 6.45) is 3.18. The number of sulfone groups is 1. The number of carbonyl (C=O) groups is 1. The second-order valence-corrected chi connectivity index (χ2v) is 10.3. The van der Waals surface area contributed by atoms with Crippen molar-refractivity contribution in [2.24, 2.45) is 12.8 Å². The molecule has 0 saturated carbocycles. The number of rotatable bonds is 8. The number of hydrogen-bond donors (Lipinski definition) is 4. The quantitative estimate of drug-likeness (QED) is 0.156. The van der Waals surface area contributed by atoms with E-state index in [4.69, 9.17) is 15.9 Å². The number of esters is 1. The highest BCUT2D eigenvalue weighted by molar-refractivity contribution is 7.90. The van der Waals surface area contributed by atoms with Crippen molar-refractivity contribution in [3.05, 3.63) is 77.7 Å². The predicted octanol–water partition coefficient (Wildman–Crippen LogP) is 3.08. The molecule has 2 heterocycles. The second kappa shape index (κ2) is 10.3. The lowest BCUT2D eigenvalue weighted by molar-refractivity contribution is 0.0527. The Hall–Kier alpha value is -4.38. The summed E-state index contributed by atoms with van der Waals surface area (Å²) in [6, 6.07) is 13.1. The summed E-state index contributed by atoms with van der Waals surface area (Å²) in [7, 11) is -2.18. The van der Waals surface area contributed by atoms with Crippen LogP contribution in [-0.4, -0.2) is 41.6 Å². The lowest BCUT2D eigenvalue weighted by Gasteiger charge is -2.14. The van der Waals surface area contributed by atoms with Gasteiger partial charge in [-0.2, -0.15) is 0 Å².